The number of nitrogens with one attached hydrogen (secondary N) is 1. The van der Waals surface area contributed by atoms with E-state index in [9.17, 15) is 0 Å². The minimum atomic E-state index is 0.446. The molecule has 1 aliphatic carbocycles. The highest BCUT2D eigenvalue weighted by atomic mass is 32.1. The predicted octanol–water partition coefficient (Wildman–Crippen LogP) is 1.47. The molecule has 3 N–H and O–H groups in total. The molecular formula is C9H16N4S. The average Bonchev–Trinajstić information content (AvgIpc) is 2.77. The summed E-state index contributed by atoms with van der Waals surface area (Å²) < 4.78 is 0. The van der Waals surface area contributed by atoms with Crippen molar-refractivity contribution in [2.45, 2.75) is 31.7 Å². The lowest BCUT2D eigenvalue weighted by atomic mass is 10.0. The number of hydrogen-bond acceptors (Lipinski definition) is 5. The molecule has 1 saturated carbocycles. The lowest BCUT2D eigenvalue weighted by molar-refractivity contribution is 0.509. The normalized spacial score (nSPS) is 26.6. The van der Waals surface area contributed by atoms with E-state index in [2.05, 4.69) is 15.5 Å². The summed E-state index contributed by atoms with van der Waals surface area (Å²) in [6.07, 6.45) is 4.88. The molecule has 2 unspecified atom stereocenters. The fourth-order valence-electron chi connectivity index (χ4n) is 2.01. The molecule has 0 spiro atoms. The number of rotatable bonds is 4. The molecule has 5 heteroatoms. The van der Waals surface area contributed by atoms with Crippen molar-refractivity contribution in [1.29, 1.82) is 0 Å². The molecule has 14 heavy (non-hydrogen) atoms. The van der Waals surface area contributed by atoms with Gasteiger partial charge in [0.25, 0.3) is 0 Å². The molecule has 1 aromatic rings. The molecule has 4 nitrogen and oxygen atoms in total. The minimum absolute atomic E-state index is 0.446. The molecular weight excluding hydrogens is 196 g/mol. The Kier molecular flexibility index (Phi) is 3.31. The molecule has 0 radical (unpaired) electrons. The van der Waals surface area contributed by atoms with Crippen molar-refractivity contribution in [1.82, 2.24) is 10.2 Å². The summed E-state index contributed by atoms with van der Waals surface area (Å²) in [7, 11) is 0. The van der Waals surface area contributed by atoms with Gasteiger partial charge in [0.1, 0.15) is 5.51 Å². The maximum absolute atomic E-state index is 5.85. The highest BCUT2D eigenvalue weighted by Crippen LogP contribution is 2.26. The van der Waals surface area contributed by atoms with Crippen LogP contribution in [0, 0.1) is 5.92 Å². The molecule has 1 heterocycles. The van der Waals surface area contributed by atoms with Crippen LogP contribution < -0.4 is 11.1 Å². The Morgan fingerprint density at radius 2 is 2.50 bits per heavy atom. The number of nitrogens with two attached hydrogens (primary N) is 1. The highest BCUT2D eigenvalue weighted by molar-refractivity contribution is 7.13. The van der Waals surface area contributed by atoms with Gasteiger partial charge in [0, 0.05) is 12.6 Å². The third kappa shape index (κ3) is 2.65. The summed E-state index contributed by atoms with van der Waals surface area (Å²) in [5, 5.41) is 11.9. The second kappa shape index (κ2) is 4.70. The van der Waals surface area contributed by atoms with Crippen molar-refractivity contribution < 1.29 is 0 Å². The van der Waals surface area contributed by atoms with Crippen LogP contribution in [-0.4, -0.2) is 22.8 Å². The zero-order chi connectivity index (χ0) is 9.80. The Balaban J connectivity index is 1.64. The highest BCUT2D eigenvalue weighted by Gasteiger charge is 2.20. The summed E-state index contributed by atoms with van der Waals surface area (Å²) in [6, 6.07) is 0.446. The summed E-state index contributed by atoms with van der Waals surface area (Å²) in [5.41, 5.74) is 7.59. The topological polar surface area (TPSA) is 63.8 Å². The van der Waals surface area contributed by atoms with Crippen LogP contribution in [0.1, 0.15) is 25.7 Å². The smallest absolute Gasteiger partial charge is 0.205 e. The molecule has 1 aromatic heterocycles. The first-order valence-corrected chi connectivity index (χ1v) is 5.98. The summed E-state index contributed by atoms with van der Waals surface area (Å²) in [6.45, 7) is 0.993. The SMILES string of the molecule is NC1CCC(CCNc2nncs2)C1. The van der Waals surface area contributed by atoms with Crippen LogP contribution in [-0.2, 0) is 0 Å². The minimum Gasteiger partial charge on any atom is -0.360 e. The first kappa shape index (κ1) is 9.86. The number of aromatic nitrogens is 2. The first-order valence-electron chi connectivity index (χ1n) is 5.10. The van der Waals surface area contributed by atoms with Gasteiger partial charge in [-0.2, -0.15) is 0 Å². The summed E-state index contributed by atoms with van der Waals surface area (Å²) in [4.78, 5) is 0. The van der Waals surface area contributed by atoms with E-state index in [1.165, 1.54) is 25.7 Å². The number of nitrogens with zero attached hydrogens (tertiary/aromatic N) is 2. The van der Waals surface area contributed by atoms with Gasteiger partial charge in [-0.25, -0.2) is 0 Å². The molecule has 1 fully saturated rings. The van der Waals surface area contributed by atoms with Crippen molar-refractivity contribution in [3.63, 3.8) is 0 Å². The Morgan fingerprint density at radius 1 is 1.57 bits per heavy atom. The second-order valence-electron chi connectivity index (χ2n) is 3.90. The van der Waals surface area contributed by atoms with Crippen LogP contribution >= 0.6 is 11.3 Å². The zero-order valence-electron chi connectivity index (χ0n) is 8.15. The van der Waals surface area contributed by atoms with E-state index >= 15 is 0 Å². The van der Waals surface area contributed by atoms with E-state index in [4.69, 9.17) is 5.73 Å². The van der Waals surface area contributed by atoms with E-state index in [1.807, 2.05) is 0 Å². The van der Waals surface area contributed by atoms with Gasteiger partial charge in [-0.05, 0) is 31.6 Å². The van der Waals surface area contributed by atoms with Gasteiger partial charge in [0.05, 0.1) is 0 Å². The summed E-state index contributed by atoms with van der Waals surface area (Å²) in [5.74, 6) is 0.811. The predicted molar refractivity (Wildman–Crippen MR) is 58.3 cm³/mol. The maximum atomic E-state index is 5.85. The van der Waals surface area contributed by atoms with E-state index < -0.39 is 0 Å². The van der Waals surface area contributed by atoms with E-state index in [1.54, 1.807) is 16.8 Å². The third-order valence-electron chi connectivity index (χ3n) is 2.77. The average molecular weight is 212 g/mol. The van der Waals surface area contributed by atoms with Gasteiger partial charge in [0.15, 0.2) is 0 Å². The molecule has 0 amide bonds. The maximum Gasteiger partial charge on any atom is 0.205 e. The monoisotopic (exact) mass is 212 g/mol. The van der Waals surface area contributed by atoms with Crippen LogP contribution in [0.3, 0.4) is 0 Å². The Morgan fingerprint density at radius 3 is 3.14 bits per heavy atom. The lowest BCUT2D eigenvalue weighted by Gasteiger charge is -2.08. The van der Waals surface area contributed by atoms with Crippen molar-refractivity contribution in [3.05, 3.63) is 5.51 Å². The third-order valence-corrected chi connectivity index (χ3v) is 3.42. The summed E-state index contributed by atoms with van der Waals surface area (Å²) >= 11 is 1.55. The lowest BCUT2D eigenvalue weighted by Crippen LogP contribution is -2.15. The fourth-order valence-corrected chi connectivity index (χ4v) is 2.48. The number of hydrogen-bond donors (Lipinski definition) is 2. The van der Waals surface area contributed by atoms with Gasteiger partial charge in [-0.3, -0.25) is 0 Å². The standard InChI is InChI=1S/C9H16N4S/c10-8-2-1-7(5-8)3-4-11-9-13-12-6-14-9/h6-8H,1-5,10H2,(H,11,13). The van der Waals surface area contributed by atoms with Gasteiger partial charge >= 0.3 is 0 Å². The molecule has 2 rings (SSSR count). The van der Waals surface area contributed by atoms with Gasteiger partial charge in [-0.15, -0.1) is 10.2 Å². The number of anilines is 1. The second-order valence-corrected chi connectivity index (χ2v) is 4.73. The molecule has 2 atom stereocenters. The van der Waals surface area contributed by atoms with E-state index in [0.29, 0.717) is 6.04 Å². The van der Waals surface area contributed by atoms with Crippen molar-refractivity contribution in [3.8, 4) is 0 Å². The van der Waals surface area contributed by atoms with Gasteiger partial charge < -0.3 is 11.1 Å². The molecule has 0 aromatic carbocycles. The van der Waals surface area contributed by atoms with Crippen molar-refractivity contribution in [2.75, 3.05) is 11.9 Å². The Bertz CT molecular complexity index is 262. The molecule has 1 aliphatic rings. The van der Waals surface area contributed by atoms with Gasteiger partial charge in [-0.1, -0.05) is 11.3 Å². The van der Waals surface area contributed by atoms with Crippen LogP contribution in [0.25, 0.3) is 0 Å². The van der Waals surface area contributed by atoms with Crippen LogP contribution in [0.5, 0.6) is 0 Å². The van der Waals surface area contributed by atoms with Crippen molar-refractivity contribution in [2.24, 2.45) is 11.7 Å². The van der Waals surface area contributed by atoms with Crippen molar-refractivity contribution >= 4 is 16.5 Å². The molecule has 0 aliphatic heterocycles. The van der Waals surface area contributed by atoms with E-state index in [0.717, 1.165) is 17.6 Å². The fraction of sp³-hybridized carbons (Fsp3) is 0.778. The Labute approximate surface area is 87.9 Å². The van der Waals surface area contributed by atoms with Gasteiger partial charge in [0.2, 0.25) is 5.13 Å². The van der Waals surface area contributed by atoms with Crippen LogP contribution in [0.2, 0.25) is 0 Å². The molecule has 78 valence electrons. The largest absolute Gasteiger partial charge is 0.360 e. The Hall–Kier alpha value is -0.680. The van der Waals surface area contributed by atoms with Crippen LogP contribution in [0.4, 0.5) is 5.13 Å². The first-order chi connectivity index (χ1) is 6.84. The van der Waals surface area contributed by atoms with Crippen LogP contribution in [0.15, 0.2) is 5.51 Å². The quantitative estimate of drug-likeness (QED) is 0.793. The molecule has 0 saturated heterocycles. The zero-order valence-corrected chi connectivity index (χ0v) is 8.96. The molecule has 0 bridgehead atoms. The van der Waals surface area contributed by atoms with E-state index in [-0.39, 0.29) is 0 Å².